The highest BCUT2D eigenvalue weighted by Gasteiger charge is 2.33. The van der Waals surface area contributed by atoms with Gasteiger partial charge in [0.05, 0.1) is 6.10 Å². The van der Waals surface area contributed by atoms with Crippen molar-refractivity contribution in [3.63, 3.8) is 0 Å². The Labute approximate surface area is 123 Å². The molecule has 1 fully saturated rings. The van der Waals surface area contributed by atoms with E-state index in [1.807, 2.05) is 12.1 Å². The van der Waals surface area contributed by atoms with Crippen molar-refractivity contribution in [2.45, 2.75) is 46.1 Å². The molecular formula is C16H21BrO2. The van der Waals surface area contributed by atoms with Crippen LogP contribution in [0.4, 0.5) is 0 Å². The van der Waals surface area contributed by atoms with Crippen LogP contribution < -0.4 is 4.74 Å². The highest BCUT2D eigenvalue weighted by atomic mass is 79.9. The maximum absolute atomic E-state index is 10.8. The first-order valence-corrected chi connectivity index (χ1v) is 7.60. The zero-order valence-corrected chi connectivity index (χ0v) is 13.4. The lowest BCUT2D eigenvalue weighted by molar-refractivity contribution is 0.0562. The second kappa shape index (κ2) is 5.66. The van der Waals surface area contributed by atoms with E-state index >= 15 is 0 Å². The zero-order chi connectivity index (χ0) is 14.0. The molecule has 3 heteroatoms. The van der Waals surface area contributed by atoms with Gasteiger partial charge in [-0.05, 0) is 64.7 Å². The predicted octanol–water partition coefficient (Wildman–Crippen LogP) is 4.86. The molecule has 0 aliphatic heterocycles. The number of carbonyl (C=O) groups excluding carboxylic acids is 1. The van der Waals surface area contributed by atoms with Gasteiger partial charge in [-0.1, -0.05) is 20.8 Å². The Morgan fingerprint density at radius 2 is 2.11 bits per heavy atom. The molecule has 0 bridgehead atoms. The second-order valence-corrected chi connectivity index (χ2v) is 7.31. The third-order valence-electron chi connectivity index (χ3n) is 3.75. The minimum Gasteiger partial charge on any atom is -0.490 e. The molecule has 1 saturated carbocycles. The fraction of sp³-hybridized carbons (Fsp3) is 0.562. The third-order valence-corrected chi connectivity index (χ3v) is 4.43. The monoisotopic (exact) mass is 324 g/mol. The van der Waals surface area contributed by atoms with Crippen LogP contribution in [0, 0.1) is 11.3 Å². The Hall–Kier alpha value is -0.830. The summed E-state index contributed by atoms with van der Waals surface area (Å²) in [5.74, 6) is 1.54. The van der Waals surface area contributed by atoms with Crippen LogP contribution in [0.5, 0.6) is 5.75 Å². The van der Waals surface area contributed by atoms with Crippen LogP contribution in [-0.2, 0) is 0 Å². The van der Waals surface area contributed by atoms with Gasteiger partial charge in [0.2, 0.25) is 0 Å². The van der Waals surface area contributed by atoms with Gasteiger partial charge in [0, 0.05) is 10.0 Å². The molecule has 104 valence electrons. The standard InChI is InChI=1S/C16H21BrO2/c1-11-6-14(9-16(2,3)8-11)19-13-5-4-12(10-18)15(17)7-13/h4-5,7,10-11,14H,6,8-9H2,1-3H3. The number of carbonyl (C=O) groups is 1. The lowest BCUT2D eigenvalue weighted by Gasteiger charge is -2.38. The number of aldehydes is 1. The largest absolute Gasteiger partial charge is 0.490 e. The molecule has 2 unspecified atom stereocenters. The zero-order valence-electron chi connectivity index (χ0n) is 11.8. The molecule has 1 aliphatic carbocycles. The number of ether oxygens (including phenoxy) is 1. The number of benzene rings is 1. The minimum absolute atomic E-state index is 0.271. The molecule has 0 saturated heterocycles. The molecule has 2 nitrogen and oxygen atoms in total. The summed E-state index contributed by atoms with van der Waals surface area (Å²) in [6.07, 6.45) is 4.58. The van der Waals surface area contributed by atoms with E-state index in [-0.39, 0.29) is 6.10 Å². The van der Waals surface area contributed by atoms with Crippen molar-refractivity contribution in [2.75, 3.05) is 0 Å². The Balaban J connectivity index is 2.08. The predicted molar refractivity (Wildman–Crippen MR) is 80.7 cm³/mol. The average molecular weight is 325 g/mol. The molecule has 0 spiro atoms. The lowest BCUT2D eigenvalue weighted by Crippen LogP contribution is -2.34. The molecule has 1 aliphatic rings. The highest BCUT2D eigenvalue weighted by molar-refractivity contribution is 9.10. The van der Waals surface area contributed by atoms with E-state index in [1.54, 1.807) is 6.07 Å². The van der Waals surface area contributed by atoms with Crippen molar-refractivity contribution < 1.29 is 9.53 Å². The van der Waals surface area contributed by atoms with Crippen LogP contribution in [0.25, 0.3) is 0 Å². The van der Waals surface area contributed by atoms with Crippen molar-refractivity contribution in [1.82, 2.24) is 0 Å². The summed E-state index contributed by atoms with van der Waals surface area (Å²) in [5.41, 5.74) is 1.01. The first-order valence-electron chi connectivity index (χ1n) is 6.81. The topological polar surface area (TPSA) is 26.3 Å². The van der Waals surface area contributed by atoms with Gasteiger partial charge in [0.1, 0.15) is 5.75 Å². The second-order valence-electron chi connectivity index (χ2n) is 6.45. The Bertz CT molecular complexity index is 468. The van der Waals surface area contributed by atoms with Gasteiger partial charge in [-0.25, -0.2) is 0 Å². The van der Waals surface area contributed by atoms with Gasteiger partial charge in [-0.15, -0.1) is 0 Å². The van der Waals surface area contributed by atoms with Crippen LogP contribution in [0.1, 0.15) is 50.4 Å². The van der Waals surface area contributed by atoms with Gasteiger partial charge in [-0.2, -0.15) is 0 Å². The molecule has 2 rings (SSSR count). The molecule has 0 N–H and O–H groups in total. The fourth-order valence-electron chi connectivity index (χ4n) is 3.22. The Morgan fingerprint density at radius 1 is 1.37 bits per heavy atom. The van der Waals surface area contributed by atoms with E-state index in [0.29, 0.717) is 16.9 Å². The van der Waals surface area contributed by atoms with E-state index in [0.717, 1.165) is 29.4 Å². The molecule has 0 aromatic heterocycles. The number of rotatable bonds is 3. The fourth-order valence-corrected chi connectivity index (χ4v) is 3.67. The summed E-state index contributed by atoms with van der Waals surface area (Å²) in [6.45, 7) is 6.91. The van der Waals surface area contributed by atoms with E-state index in [9.17, 15) is 4.79 Å². The van der Waals surface area contributed by atoms with Crippen molar-refractivity contribution in [3.8, 4) is 5.75 Å². The van der Waals surface area contributed by atoms with Crippen molar-refractivity contribution in [1.29, 1.82) is 0 Å². The molecule has 19 heavy (non-hydrogen) atoms. The van der Waals surface area contributed by atoms with E-state index in [1.165, 1.54) is 6.42 Å². The third kappa shape index (κ3) is 3.82. The number of hydrogen-bond acceptors (Lipinski definition) is 2. The maximum atomic E-state index is 10.8. The summed E-state index contributed by atoms with van der Waals surface area (Å²) < 4.78 is 6.89. The van der Waals surface area contributed by atoms with Crippen LogP contribution >= 0.6 is 15.9 Å². The van der Waals surface area contributed by atoms with E-state index in [4.69, 9.17) is 4.74 Å². The van der Waals surface area contributed by atoms with Crippen LogP contribution in [-0.4, -0.2) is 12.4 Å². The Morgan fingerprint density at radius 3 is 2.68 bits per heavy atom. The van der Waals surface area contributed by atoms with Crippen molar-refractivity contribution in [3.05, 3.63) is 28.2 Å². The Kier molecular flexibility index (Phi) is 4.34. The van der Waals surface area contributed by atoms with Crippen molar-refractivity contribution >= 4 is 22.2 Å². The summed E-state index contributed by atoms with van der Waals surface area (Å²) >= 11 is 3.40. The smallest absolute Gasteiger partial charge is 0.151 e. The normalized spacial score (nSPS) is 25.9. The summed E-state index contributed by atoms with van der Waals surface area (Å²) in [6, 6.07) is 5.56. The molecule has 0 radical (unpaired) electrons. The summed E-state index contributed by atoms with van der Waals surface area (Å²) in [4.78, 5) is 10.8. The molecular weight excluding hydrogens is 304 g/mol. The van der Waals surface area contributed by atoms with Crippen LogP contribution in [0.3, 0.4) is 0 Å². The lowest BCUT2D eigenvalue weighted by atomic mass is 9.71. The molecule has 2 atom stereocenters. The van der Waals surface area contributed by atoms with Gasteiger partial charge < -0.3 is 4.74 Å². The van der Waals surface area contributed by atoms with E-state index < -0.39 is 0 Å². The maximum Gasteiger partial charge on any atom is 0.151 e. The van der Waals surface area contributed by atoms with Gasteiger partial charge in [0.15, 0.2) is 6.29 Å². The quantitative estimate of drug-likeness (QED) is 0.742. The van der Waals surface area contributed by atoms with Gasteiger partial charge in [0.25, 0.3) is 0 Å². The SMILES string of the molecule is CC1CC(Oc2ccc(C=O)c(Br)c2)CC(C)(C)C1. The molecule has 0 amide bonds. The minimum atomic E-state index is 0.271. The van der Waals surface area contributed by atoms with Crippen molar-refractivity contribution in [2.24, 2.45) is 11.3 Å². The average Bonchev–Trinajstić information content (AvgIpc) is 2.26. The summed E-state index contributed by atoms with van der Waals surface area (Å²) in [5, 5.41) is 0. The first kappa shape index (κ1) is 14.6. The van der Waals surface area contributed by atoms with Gasteiger partial charge >= 0.3 is 0 Å². The first-order chi connectivity index (χ1) is 8.89. The van der Waals surface area contributed by atoms with Gasteiger partial charge in [-0.3, -0.25) is 4.79 Å². The number of hydrogen-bond donors (Lipinski definition) is 0. The number of halogens is 1. The van der Waals surface area contributed by atoms with Crippen LogP contribution in [0.15, 0.2) is 22.7 Å². The molecule has 0 heterocycles. The highest BCUT2D eigenvalue weighted by Crippen LogP contribution is 2.40. The van der Waals surface area contributed by atoms with Crippen LogP contribution in [0.2, 0.25) is 0 Å². The summed E-state index contributed by atoms with van der Waals surface area (Å²) in [7, 11) is 0. The molecule has 1 aromatic rings. The molecule has 1 aromatic carbocycles. The van der Waals surface area contributed by atoms with E-state index in [2.05, 4.69) is 36.7 Å².